The number of carbonyl (C=O) groups is 1. The summed E-state index contributed by atoms with van der Waals surface area (Å²) in [6.45, 7) is 2.15. The fourth-order valence-electron chi connectivity index (χ4n) is 1.43. The van der Waals surface area contributed by atoms with Crippen molar-refractivity contribution in [1.82, 2.24) is 0 Å². The molecule has 0 spiro atoms. The average molecular weight is 216 g/mol. The Hall–Kier alpha value is -2.03. The molecule has 0 aliphatic heterocycles. The van der Waals surface area contributed by atoms with Crippen LogP contribution in [0.15, 0.2) is 40.8 Å². The molecule has 1 aromatic carbocycles. The predicted octanol–water partition coefficient (Wildman–Crippen LogP) is 3.01. The van der Waals surface area contributed by atoms with Gasteiger partial charge in [-0.25, -0.2) is 4.79 Å². The van der Waals surface area contributed by atoms with E-state index in [2.05, 4.69) is 0 Å². The second kappa shape index (κ2) is 4.66. The molecule has 0 radical (unpaired) electrons. The fraction of sp³-hybridized carbons (Fsp3) is 0.154. The Morgan fingerprint density at radius 1 is 1.44 bits per heavy atom. The van der Waals surface area contributed by atoms with Crippen LogP contribution in [0.1, 0.15) is 12.7 Å². The number of benzene rings is 1. The summed E-state index contributed by atoms with van der Waals surface area (Å²) < 4.78 is 10.3. The number of furan rings is 1. The fourth-order valence-corrected chi connectivity index (χ4v) is 1.43. The van der Waals surface area contributed by atoms with Crippen LogP contribution in [-0.2, 0) is 9.53 Å². The molecule has 0 aliphatic rings. The number of rotatable bonds is 3. The minimum Gasteiger partial charge on any atom is -0.463 e. The maximum atomic E-state index is 11.1. The molecule has 82 valence electrons. The minimum absolute atomic E-state index is 0.358. The first-order valence-electron chi connectivity index (χ1n) is 5.13. The number of hydrogen-bond acceptors (Lipinski definition) is 3. The molecule has 0 saturated carbocycles. The minimum atomic E-state index is -0.358. The van der Waals surface area contributed by atoms with Crippen molar-refractivity contribution in [2.45, 2.75) is 6.92 Å². The number of esters is 1. The number of hydrogen-bond donors (Lipinski definition) is 0. The standard InChI is InChI=1S/C13H12O3/c1-2-15-13(14)8-7-11-9-10-5-3-4-6-12(10)16-11/h3-9H,2H2,1H3. The largest absolute Gasteiger partial charge is 0.463 e. The normalized spacial score (nSPS) is 11.1. The molecule has 1 aromatic heterocycles. The molecule has 0 atom stereocenters. The highest BCUT2D eigenvalue weighted by atomic mass is 16.5. The molecule has 3 nitrogen and oxygen atoms in total. The Labute approximate surface area is 93.3 Å². The zero-order valence-corrected chi connectivity index (χ0v) is 8.97. The number of para-hydroxylation sites is 1. The Bertz CT molecular complexity index is 490. The molecule has 2 rings (SSSR count). The van der Waals surface area contributed by atoms with Crippen molar-refractivity contribution >= 4 is 23.0 Å². The van der Waals surface area contributed by atoms with Gasteiger partial charge in [-0.2, -0.15) is 0 Å². The van der Waals surface area contributed by atoms with Gasteiger partial charge in [-0.15, -0.1) is 0 Å². The van der Waals surface area contributed by atoms with Crippen LogP contribution in [0.4, 0.5) is 0 Å². The predicted molar refractivity (Wildman–Crippen MR) is 61.9 cm³/mol. The second-order valence-electron chi connectivity index (χ2n) is 3.27. The molecular formula is C13H12O3. The lowest BCUT2D eigenvalue weighted by Gasteiger charge is -1.92. The van der Waals surface area contributed by atoms with E-state index >= 15 is 0 Å². The Kier molecular flexibility index (Phi) is 3.05. The zero-order chi connectivity index (χ0) is 11.4. The van der Waals surface area contributed by atoms with Crippen LogP contribution < -0.4 is 0 Å². The SMILES string of the molecule is CCOC(=O)C=Cc1cc2ccccc2o1. The molecule has 16 heavy (non-hydrogen) atoms. The molecule has 0 unspecified atom stereocenters. The van der Waals surface area contributed by atoms with Crippen molar-refractivity contribution < 1.29 is 13.9 Å². The molecule has 0 fully saturated rings. The first-order chi connectivity index (χ1) is 7.79. The summed E-state index contributed by atoms with van der Waals surface area (Å²) in [6, 6.07) is 9.57. The summed E-state index contributed by atoms with van der Waals surface area (Å²) >= 11 is 0. The highest BCUT2D eigenvalue weighted by molar-refractivity contribution is 5.88. The molecule has 2 aromatic rings. The van der Waals surface area contributed by atoms with E-state index in [-0.39, 0.29) is 5.97 Å². The molecule has 3 heteroatoms. The van der Waals surface area contributed by atoms with Gasteiger partial charge in [-0.3, -0.25) is 0 Å². The average Bonchev–Trinajstić information content (AvgIpc) is 2.69. The van der Waals surface area contributed by atoms with Gasteiger partial charge in [0.25, 0.3) is 0 Å². The maximum Gasteiger partial charge on any atom is 0.330 e. The van der Waals surface area contributed by atoms with Gasteiger partial charge in [0.15, 0.2) is 0 Å². The van der Waals surface area contributed by atoms with Gasteiger partial charge < -0.3 is 9.15 Å². The molecule has 0 amide bonds. The lowest BCUT2D eigenvalue weighted by molar-refractivity contribution is -0.137. The molecule has 0 bridgehead atoms. The summed E-state index contributed by atoms with van der Waals surface area (Å²) in [7, 11) is 0. The number of ether oxygens (including phenoxy) is 1. The highest BCUT2D eigenvalue weighted by Gasteiger charge is 2.00. The summed E-state index contributed by atoms with van der Waals surface area (Å²) in [5.74, 6) is 0.289. The van der Waals surface area contributed by atoms with Crippen LogP contribution in [0.3, 0.4) is 0 Å². The smallest absolute Gasteiger partial charge is 0.330 e. The lowest BCUT2D eigenvalue weighted by Crippen LogP contribution is -1.98. The third-order valence-corrected chi connectivity index (χ3v) is 2.11. The van der Waals surface area contributed by atoms with Crippen LogP contribution >= 0.6 is 0 Å². The van der Waals surface area contributed by atoms with Crippen molar-refractivity contribution in [3.63, 3.8) is 0 Å². The first kappa shape index (κ1) is 10.5. The van der Waals surface area contributed by atoms with E-state index < -0.39 is 0 Å². The van der Waals surface area contributed by atoms with Gasteiger partial charge >= 0.3 is 5.97 Å². The van der Waals surface area contributed by atoms with Gasteiger partial charge in [-0.05, 0) is 25.1 Å². The van der Waals surface area contributed by atoms with Crippen LogP contribution in [0.2, 0.25) is 0 Å². The summed E-state index contributed by atoms with van der Waals surface area (Å²) in [5.41, 5.74) is 0.811. The first-order valence-corrected chi connectivity index (χ1v) is 5.13. The van der Waals surface area contributed by atoms with Gasteiger partial charge in [0.2, 0.25) is 0 Å². The second-order valence-corrected chi connectivity index (χ2v) is 3.27. The van der Waals surface area contributed by atoms with Crippen molar-refractivity contribution in [2.24, 2.45) is 0 Å². The van der Waals surface area contributed by atoms with Crippen molar-refractivity contribution in [3.05, 3.63) is 42.2 Å². The van der Waals surface area contributed by atoms with E-state index in [1.165, 1.54) is 6.08 Å². The van der Waals surface area contributed by atoms with Crippen LogP contribution in [0, 0.1) is 0 Å². The van der Waals surface area contributed by atoms with Gasteiger partial charge in [0, 0.05) is 11.5 Å². The van der Waals surface area contributed by atoms with Crippen LogP contribution in [0.25, 0.3) is 17.0 Å². The van der Waals surface area contributed by atoms with Gasteiger partial charge in [0.05, 0.1) is 6.61 Å². The van der Waals surface area contributed by atoms with Gasteiger partial charge in [-0.1, -0.05) is 18.2 Å². The van der Waals surface area contributed by atoms with E-state index in [0.717, 1.165) is 11.0 Å². The van der Waals surface area contributed by atoms with E-state index in [0.29, 0.717) is 12.4 Å². The van der Waals surface area contributed by atoms with E-state index in [1.807, 2.05) is 30.3 Å². The quantitative estimate of drug-likeness (QED) is 0.584. The zero-order valence-electron chi connectivity index (χ0n) is 8.97. The Balaban J connectivity index is 2.18. The van der Waals surface area contributed by atoms with Crippen LogP contribution in [0.5, 0.6) is 0 Å². The third-order valence-electron chi connectivity index (χ3n) is 2.11. The topological polar surface area (TPSA) is 39.4 Å². The molecule has 1 heterocycles. The monoisotopic (exact) mass is 216 g/mol. The summed E-state index contributed by atoms with van der Waals surface area (Å²) in [5, 5.41) is 1.02. The molecule has 0 aliphatic carbocycles. The van der Waals surface area contributed by atoms with Crippen LogP contribution in [-0.4, -0.2) is 12.6 Å². The highest BCUT2D eigenvalue weighted by Crippen LogP contribution is 2.19. The van der Waals surface area contributed by atoms with E-state index in [1.54, 1.807) is 13.0 Å². The van der Waals surface area contributed by atoms with Crippen molar-refractivity contribution in [1.29, 1.82) is 0 Å². The van der Waals surface area contributed by atoms with Crippen molar-refractivity contribution in [2.75, 3.05) is 6.61 Å². The van der Waals surface area contributed by atoms with Crippen molar-refractivity contribution in [3.8, 4) is 0 Å². The number of carbonyl (C=O) groups excluding carboxylic acids is 1. The van der Waals surface area contributed by atoms with Gasteiger partial charge in [0.1, 0.15) is 11.3 Å². The van der Waals surface area contributed by atoms with E-state index in [4.69, 9.17) is 9.15 Å². The lowest BCUT2D eigenvalue weighted by atomic mass is 10.2. The molecular weight excluding hydrogens is 204 g/mol. The summed E-state index contributed by atoms with van der Waals surface area (Å²) in [6.07, 6.45) is 2.97. The van der Waals surface area contributed by atoms with E-state index in [9.17, 15) is 4.79 Å². The summed E-state index contributed by atoms with van der Waals surface area (Å²) in [4.78, 5) is 11.1. The Morgan fingerprint density at radius 2 is 2.25 bits per heavy atom. The maximum absolute atomic E-state index is 11.1. The molecule has 0 N–H and O–H groups in total. The number of fused-ring (bicyclic) bond motifs is 1. The Morgan fingerprint density at radius 3 is 3.00 bits per heavy atom. The third kappa shape index (κ3) is 2.31. The molecule has 0 saturated heterocycles.